The highest BCUT2D eigenvalue weighted by atomic mass is 32.2. The van der Waals surface area contributed by atoms with Crippen molar-refractivity contribution in [1.29, 1.82) is 0 Å². The Morgan fingerprint density at radius 2 is 2.42 bits per heavy atom. The molecule has 0 aliphatic carbocycles. The van der Waals surface area contributed by atoms with Gasteiger partial charge in [0.15, 0.2) is 11.7 Å². The summed E-state index contributed by atoms with van der Waals surface area (Å²) in [5.74, 6) is 4.18. The van der Waals surface area contributed by atoms with E-state index in [4.69, 9.17) is 4.42 Å². The smallest absolute Gasteiger partial charge is 0.194 e. The van der Waals surface area contributed by atoms with Gasteiger partial charge in [0.2, 0.25) is 0 Å². The summed E-state index contributed by atoms with van der Waals surface area (Å²) in [4.78, 5) is 7.14. The maximum atomic E-state index is 5.86. The van der Waals surface area contributed by atoms with Gasteiger partial charge in [-0.3, -0.25) is 0 Å². The molecule has 2 aromatic heterocycles. The second-order valence-corrected chi connectivity index (χ2v) is 6.93. The fourth-order valence-electron chi connectivity index (χ4n) is 2.22. The Bertz CT molecular complexity index is 524. The van der Waals surface area contributed by atoms with Gasteiger partial charge >= 0.3 is 0 Å². The third-order valence-electron chi connectivity index (χ3n) is 3.24. The van der Waals surface area contributed by atoms with Crippen molar-refractivity contribution in [2.45, 2.75) is 25.0 Å². The first-order valence-electron chi connectivity index (χ1n) is 6.66. The van der Waals surface area contributed by atoms with Crippen LogP contribution in [0.3, 0.4) is 0 Å². The summed E-state index contributed by atoms with van der Waals surface area (Å²) in [7, 11) is 1.97. The molecule has 3 nitrogen and oxygen atoms in total. The number of hydrogen-bond acceptors (Lipinski definition) is 5. The standard InChI is InChI=1S/C14H18N2OS2/c1-15-5-2-3-14-16-8-11(17-14)13-7-10-9-18-6-4-12(10)19-13/h7-8,15H,2-6,9H2,1H3. The Kier molecular flexibility index (Phi) is 4.25. The van der Waals surface area contributed by atoms with Crippen LogP contribution in [0.1, 0.15) is 22.8 Å². The van der Waals surface area contributed by atoms with Gasteiger partial charge in [-0.2, -0.15) is 11.8 Å². The van der Waals surface area contributed by atoms with Crippen LogP contribution in [0.4, 0.5) is 0 Å². The number of rotatable bonds is 5. The van der Waals surface area contributed by atoms with Crippen molar-refractivity contribution in [2.75, 3.05) is 19.3 Å². The Hall–Kier alpha value is -0.780. The average molecular weight is 294 g/mol. The zero-order valence-corrected chi connectivity index (χ0v) is 12.7. The van der Waals surface area contributed by atoms with Crippen LogP contribution >= 0.6 is 23.1 Å². The molecular formula is C14H18N2OS2. The van der Waals surface area contributed by atoms with E-state index in [9.17, 15) is 0 Å². The maximum absolute atomic E-state index is 5.86. The summed E-state index contributed by atoms with van der Waals surface area (Å²) < 4.78 is 5.86. The van der Waals surface area contributed by atoms with E-state index in [-0.39, 0.29) is 0 Å². The van der Waals surface area contributed by atoms with E-state index < -0.39 is 0 Å². The van der Waals surface area contributed by atoms with Gasteiger partial charge in [0, 0.05) is 17.1 Å². The van der Waals surface area contributed by atoms with Crippen LogP contribution in [0.2, 0.25) is 0 Å². The molecule has 0 saturated carbocycles. The fourth-order valence-corrected chi connectivity index (χ4v) is 4.54. The summed E-state index contributed by atoms with van der Waals surface area (Å²) in [5, 5.41) is 3.14. The van der Waals surface area contributed by atoms with E-state index in [0.717, 1.165) is 36.8 Å². The molecule has 0 bridgehead atoms. The number of thiophene rings is 1. The first-order chi connectivity index (χ1) is 9.36. The molecule has 0 atom stereocenters. The lowest BCUT2D eigenvalue weighted by molar-refractivity contribution is 0.496. The number of thioether (sulfide) groups is 1. The van der Waals surface area contributed by atoms with Gasteiger partial charge in [-0.25, -0.2) is 4.98 Å². The highest BCUT2D eigenvalue weighted by Gasteiger charge is 2.16. The Morgan fingerprint density at radius 3 is 3.26 bits per heavy atom. The van der Waals surface area contributed by atoms with Crippen LogP contribution in [0, 0.1) is 0 Å². The third kappa shape index (κ3) is 3.04. The lowest BCUT2D eigenvalue weighted by atomic mass is 10.2. The van der Waals surface area contributed by atoms with Crippen LogP contribution < -0.4 is 5.32 Å². The van der Waals surface area contributed by atoms with Crippen molar-refractivity contribution < 1.29 is 4.42 Å². The van der Waals surface area contributed by atoms with Crippen molar-refractivity contribution in [3.8, 4) is 10.6 Å². The number of aromatic nitrogens is 1. The van der Waals surface area contributed by atoms with E-state index in [0.29, 0.717) is 0 Å². The highest BCUT2D eigenvalue weighted by Crippen LogP contribution is 2.37. The number of fused-ring (bicyclic) bond motifs is 1. The molecule has 0 amide bonds. The van der Waals surface area contributed by atoms with Gasteiger partial charge < -0.3 is 9.73 Å². The van der Waals surface area contributed by atoms with E-state index in [1.807, 2.05) is 36.3 Å². The highest BCUT2D eigenvalue weighted by molar-refractivity contribution is 7.98. The quantitative estimate of drug-likeness (QED) is 0.858. The topological polar surface area (TPSA) is 38.1 Å². The van der Waals surface area contributed by atoms with Crippen molar-refractivity contribution >= 4 is 23.1 Å². The molecule has 3 rings (SSSR count). The van der Waals surface area contributed by atoms with Crippen LogP contribution in [0.5, 0.6) is 0 Å². The van der Waals surface area contributed by atoms with Gasteiger partial charge in [-0.15, -0.1) is 11.3 Å². The number of oxazole rings is 1. The summed E-state index contributed by atoms with van der Waals surface area (Å²) >= 11 is 3.89. The minimum Gasteiger partial charge on any atom is -0.440 e. The predicted octanol–water partition coefficient (Wildman–Crippen LogP) is 3.34. The molecule has 0 unspecified atom stereocenters. The van der Waals surface area contributed by atoms with Crippen LogP contribution in [-0.4, -0.2) is 24.3 Å². The fraction of sp³-hybridized carbons (Fsp3) is 0.500. The normalized spacial score (nSPS) is 14.6. The van der Waals surface area contributed by atoms with Crippen molar-refractivity contribution in [3.63, 3.8) is 0 Å². The monoisotopic (exact) mass is 294 g/mol. The minimum atomic E-state index is 0.853. The molecular weight excluding hydrogens is 276 g/mol. The second-order valence-electron chi connectivity index (χ2n) is 4.69. The van der Waals surface area contributed by atoms with Gasteiger partial charge in [-0.05, 0) is 43.8 Å². The number of nitrogens with one attached hydrogen (secondary N) is 1. The largest absolute Gasteiger partial charge is 0.440 e. The number of aryl methyl sites for hydroxylation is 2. The molecule has 19 heavy (non-hydrogen) atoms. The zero-order chi connectivity index (χ0) is 13.1. The SMILES string of the molecule is CNCCCc1ncc(-c2cc3c(s2)CCSC3)o1. The van der Waals surface area contributed by atoms with E-state index in [2.05, 4.69) is 16.4 Å². The van der Waals surface area contributed by atoms with Gasteiger partial charge in [0.25, 0.3) is 0 Å². The average Bonchev–Trinajstić information content (AvgIpc) is 3.04. The first-order valence-corrected chi connectivity index (χ1v) is 8.63. The first kappa shape index (κ1) is 13.2. The van der Waals surface area contributed by atoms with Crippen LogP contribution in [0.25, 0.3) is 10.6 Å². The zero-order valence-electron chi connectivity index (χ0n) is 11.1. The third-order valence-corrected chi connectivity index (χ3v) is 5.50. The van der Waals surface area contributed by atoms with Gasteiger partial charge in [-0.1, -0.05) is 0 Å². The van der Waals surface area contributed by atoms with Crippen LogP contribution in [-0.2, 0) is 18.6 Å². The number of nitrogens with zero attached hydrogens (tertiary/aromatic N) is 1. The van der Waals surface area contributed by atoms with E-state index in [1.165, 1.54) is 27.5 Å². The molecule has 0 fully saturated rings. The lowest BCUT2D eigenvalue weighted by Gasteiger charge is -2.08. The maximum Gasteiger partial charge on any atom is 0.194 e. The van der Waals surface area contributed by atoms with Crippen LogP contribution in [0.15, 0.2) is 16.7 Å². The van der Waals surface area contributed by atoms with Gasteiger partial charge in [0.1, 0.15) is 0 Å². The minimum absolute atomic E-state index is 0.853. The van der Waals surface area contributed by atoms with E-state index in [1.54, 1.807) is 0 Å². The Morgan fingerprint density at radius 1 is 1.47 bits per heavy atom. The summed E-state index contributed by atoms with van der Waals surface area (Å²) in [6.07, 6.45) is 5.04. The molecule has 1 N–H and O–H groups in total. The van der Waals surface area contributed by atoms with Crippen molar-refractivity contribution in [2.24, 2.45) is 0 Å². The molecule has 0 saturated heterocycles. The molecule has 3 heterocycles. The van der Waals surface area contributed by atoms with Crippen molar-refractivity contribution in [1.82, 2.24) is 10.3 Å². The van der Waals surface area contributed by atoms with Crippen molar-refractivity contribution in [3.05, 3.63) is 28.6 Å². The summed E-state index contributed by atoms with van der Waals surface area (Å²) in [6.45, 7) is 1.00. The molecule has 1 aliphatic rings. The molecule has 0 aromatic carbocycles. The molecule has 2 aromatic rings. The molecule has 0 radical (unpaired) electrons. The predicted molar refractivity (Wildman–Crippen MR) is 81.9 cm³/mol. The van der Waals surface area contributed by atoms with Gasteiger partial charge in [0.05, 0.1) is 11.1 Å². The Balaban J connectivity index is 1.73. The molecule has 0 spiro atoms. The number of hydrogen-bond donors (Lipinski definition) is 1. The molecule has 102 valence electrons. The second kappa shape index (κ2) is 6.11. The summed E-state index contributed by atoms with van der Waals surface area (Å²) in [5.41, 5.74) is 1.49. The Labute approximate surface area is 121 Å². The lowest BCUT2D eigenvalue weighted by Crippen LogP contribution is -2.08. The molecule has 1 aliphatic heterocycles. The summed E-state index contributed by atoms with van der Waals surface area (Å²) in [6, 6.07) is 2.28. The molecule has 5 heteroatoms. The van der Waals surface area contributed by atoms with E-state index >= 15 is 0 Å².